The smallest absolute Gasteiger partial charge is 0.263 e. The molecule has 1 amide bonds. The molecule has 0 unspecified atom stereocenters. The molecule has 2 rings (SSSR count). The number of nitrogens with one attached hydrogen (secondary N) is 1. The van der Waals surface area contributed by atoms with Crippen LogP contribution in [0, 0.1) is 0 Å². The van der Waals surface area contributed by atoms with E-state index in [2.05, 4.69) is 11.9 Å². The normalized spacial score (nSPS) is 16.8. The molecule has 0 atom stereocenters. The van der Waals surface area contributed by atoms with Crippen molar-refractivity contribution in [1.82, 2.24) is 5.32 Å². The van der Waals surface area contributed by atoms with Crippen molar-refractivity contribution in [3.8, 4) is 5.75 Å². The SMILES string of the molecule is C=CCOc1ccc(/C=C2\SC(=S)NC2=O)cc1. The summed E-state index contributed by atoms with van der Waals surface area (Å²) in [7, 11) is 0. The third-order valence-corrected chi connectivity index (χ3v) is 3.35. The third kappa shape index (κ3) is 3.21. The van der Waals surface area contributed by atoms with E-state index in [1.807, 2.05) is 24.3 Å². The van der Waals surface area contributed by atoms with E-state index >= 15 is 0 Å². The molecule has 92 valence electrons. The summed E-state index contributed by atoms with van der Waals surface area (Å²) in [5, 5.41) is 2.58. The Kier molecular flexibility index (Phi) is 4.17. The van der Waals surface area contributed by atoms with Gasteiger partial charge >= 0.3 is 0 Å². The standard InChI is InChI=1S/C13H11NO2S2/c1-2-7-16-10-5-3-9(4-6-10)8-11-12(15)14-13(17)18-11/h2-6,8H,1,7H2,(H,14,15,17)/b11-8-. The van der Waals surface area contributed by atoms with Crippen molar-refractivity contribution < 1.29 is 9.53 Å². The molecular formula is C13H11NO2S2. The van der Waals surface area contributed by atoms with Gasteiger partial charge in [-0.1, -0.05) is 48.8 Å². The maximum atomic E-state index is 11.5. The molecule has 1 aromatic rings. The van der Waals surface area contributed by atoms with Gasteiger partial charge in [0.05, 0.1) is 4.91 Å². The average Bonchev–Trinajstić information content (AvgIpc) is 2.67. The van der Waals surface area contributed by atoms with Crippen LogP contribution in [0.2, 0.25) is 0 Å². The van der Waals surface area contributed by atoms with Gasteiger partial charge in [-0.25, -0.2) is 0 Å². The number of ether oxygens (including phenoxy) is 1. The van der Waals surface area contributed by atoms with Gasteiger partial charge in [0.1, 0.15) is 16.7 Å². The van der Waals surface area contributed by atoms with Crippen LogP contribution in [0.15, 0.2) is 41.8 Å². The monoisotopic (exact) mass is 277 g/mol. The Bertz CT molecular complexity index is 520. The summed E-state index contributed by atoms with van der Waals surface area (Å²) < 4.78 is 5.87. The predicted molar refractivity (Wildman–Crippen MR) is 78.4 cm³/mol. The first-order valence-electron chi connectivity index (χ1n) is 5.27. The van der Waals surface area contributed by atoms with E-state index in [-0.39, 0.29) is 5.91 Å². The molecule has 3 nitrogen and oxygen atoms in total. The van der Waals surface area contributed by atoms with Gasteiger partial charge in [-0.15, -0.1) is 0 Å². The Morgan fingerprint density at radius 3 is 2.67 bits per heavy atom. The zero-order chi connectivity index (χ0) is 13.0. The fourth-order valence-corrected chi connectivity index (χ4v) is 2.43. The van der Waals surface area contributed by atoms with Crippen LogP contribution in [0.25, 0.3) is 6.08 Å². The molecule has 0 radical (unpaired) electrons. The van der Waals surface area contributed by atoms with Crippen LogP contribution < -0.4 is 10.1 Å². The molecule has 1 heterocycles. The van der Waals surface area contributed by atoms with E-state index in [0.29, 0.717) is 15.8 Å². The molecule has 1 aliphatic rings. The lowest BCUT2D eigenvalue weighted by molar-refractivity contribution is -0.115. The second-order valence-corrected chi connectivity index (χ2v) is 5.24. The van der Waals surface area contributed by atoms with Crippen molar-refractivity contribution >= 4 is 40.3 Å². The minimum atomic E-state index is -0.142. The van der Waals surface area contributed by atoms with Crippen LogP contribution in [0.4, 0.5) is 0 Å². The largest absolute Gasteiger partial charge is 0.490 e. The Labute approximate surface area is 115 Å². The number of hydrogen-bond acceptors (Lipinski definition) is 4. The molecule has 0 aliphatic carbocycles. The second-order valence-electron chi connectivity index (χ2n) is 3.52. The molecular weight excluding hydrogens is 266 g/mol. The van der Waals surface area contributed by atoms with Gasteiger partial charge in [-0.2, -0.15) is 0 Å². The fourth-order valence-electron chi connectivity index (χ4n) is 1.39. The maximum absolute atomic E-state index is 11.5. The highest BCUT2D eigenvalue weighted by atomic mass is 32.2. The van der Waals surface area contributed by atoms with Crippen LogP contribution in [0.3, 0.4) is 0 Å². The molecule has 0 saturated carbocycles. The van der Waals surface area contributed by atoms with Crippen molar-refractivity contribution in [3.05, 3.63) is 47.4 Å². The average molecular weight is 277 g/mol. The number of amides is 1. The van der Waals surface area contributed by atoms with Crippen LogP contribution in [0.5, 0.6) is 5.75 Å². The van der Waals surface area contributed by atoms with E-state index < -0.39 is 0 Å². The van der Waals surface area contributed by atoms with Crippen LogP contribution in [0.1, 0.15) is 5.56 Å². The van der Waals surface area contributed by atoms with Gasteiger partial charge in [-0.05, 0) is 23.8 Å². The first kappa shape index (κ1) is 12.9. The number of thioether (sulfide) groups is 1. The summed E-state index contributed by atoms with van der Waals surface area (Å²) in [4.78, 5) is 12.1. The van der Waals surface area contributed by atoms with Crippen LogP contribution in [-0.4, -0.2) is 16.8 Å². The maximum Gasteiger partial charge on any atom is 0.263 e. The Morgan fingerprint density at radius 2 is 2.11 bits per heavy atom. The topological polar surface area (TPSA) is 38.3 Å². The van der Waals surface area contributed by atoms with E-state index in [1.165, 1.54) is 11.8 Å². The van der Waals surface area contributed by atoms with E-state index in [4.69, 9.17) is 17.0 Å². The van der Waals surface area contributed by atoms with Gasteiger partial charge in [-0.3, -0.25) is 4.79 Å². The predicted octanol–water partition coefficient (Wildman–Crippen LogP) is 2.74. The minimum absolute atomic E-state index is 0.142. The first-order valence-corrected chi connectivity index (χ1v) is 6.50. The highest BCUT2D eigenvalue weighted by molar-refractivity contribution is 8.26. The Balaban J connectivity index is 2.10. The summed E-state index contributed by atoms with van der Waals surface area (Å²) in [6, 6.07) is 7.48. The van der Waals surface area contributed by atoms with Gasteiger partial charge in [0, 0.05) is 0 Å². The van der Waals surface area contributed by atoms with Crippen molar-refractivity contribution in [2.24, 2.45) is 0 Å². The third-order valence-electron chi connectivity index (χ3n) is 2.19. The number of carbonyl (C=O) groups is 1. The zero-order valence-corrected chi connectivity index (χ0v) is 11.1. The quantitative estimate of drug-likeness (QED) is 0.522. The highest BCUT2D eigenvalue weighted by Gasteiger charge is 2.21. The lowest BCUT2D eigenvalue weighted by atomic mass is 10.2. The number of rotatable bonds is 4. The Hall–Kier alpha value is -1.59. The lowest BCUT2D eigenvalue weighted by Gasteiger charge is -2.02. The summed E-state index contributed by atoms with van der Waals surface area (Å²) in [5.41, 5.74) is 0.934. The van der Waals surface area contributed by atoms with Crippen LogP contribution in [-0.2, 0) is 4.79 Å². The summed E-state index contributed by atoms with van der Waals surface area (Å²) in [6.07, 6.45) is 3.49. The highest BCUT2D eigenvalue weighted by Crippen LogP contribution is 2.26. The minimum Gasteiger partial charge on any atom is -0.490 e. The van der Waals surface area contributed by atoms with Crippen molar-refractivity contribution in [2.45, 2.75) is 0 Å². The van der Waals surface area contributed by atoms with E-state index in [1.54, 1.807) is 12.2 Å². The number of benzene rings is 1. The number of carbonyl (C=O) groups excluding carboxylic acids is 1. The Morgan fingerprint density at radius 1 is 1.39 bits per heavy atom. The zero-order valence-electron chi connectivity index (χ0n) is 9.51. The molecule has 1 aliphatic heterocycles. The molecule has 0 bridgehead atoms. The van der Waals surface area contributed by atoms with Crippen LogP contribution >= 0.6 is 24.0 Å². The van der Waals surface area contributed by atoms with Gasteiger partial charge < -0.3 is 10.1 Å². The van der Waals surface area contributed by atoms with Crippen molar-refractivity contribution in [2.75, 3.05) is 6.61 Å². The van der Waals surface area contributed by atoms with Crippen molar-refractivity contribution in [3.63, 3.8) is 0 Å². The van der Waals surface area contributed by atoms with E-state index in [0.717, 1.165) is 11.3 Å². The molecule has 5 heteroatoms. The molecule has 1 aromatic carbocycles. The van der Waals surface area contributed by atoms with Gasteiger partial charge in [0.15, 0.2) is 0 Å². The number of hydrogen-bond donors (Lipinski definition) is 1. The lowest BCUT2D eigenvalue weighted by Crippen LogP contribution is -2.17. The molecule has 1 N–H and O–H groups in total. The summed E-state index contributed by atoms with van der Waals surface area (Å²) >= 11 is 6.19. The van der Waals surface area contributed by atoms with Gasteiger partial charge in [0.25, 0.3) is 5.91 Å². The summed E-state index contributed by atoms with van der Waals surface area (Å²) in [5.74, 6) is 0.632. The molecule has 1 fully saturated rings. The van der Waals surface area contributed by atoms with Crippen molar-refractivity contribution in [1.29, 1.82) is 0 Å². The van der Waals surface area contributed by atoms with Gasteiger partial charge in [0.2, 0.25) is 0 Å². The fraction of sp³-hybridized carbons (Fsp3) is 0.0769. The first-order chi connectivity index (χ1) is 8.69. The summed E-state index contributed by atoms with van der Waals surface area (Å²) in [6.45, 7) is 4.06. The molecule has 1 saturated heterocycles. The second kappa shape index (κ2) is 5.84. The molecule has 18 heavy (non-hydrogen) atoms. The number of thiocarbonyl (C=S) groups is 1. The molecule has 0 spiro atoms. The van der Waals surface area contributed by atoms with E-state index in [9.17, 15) is 4.79 Å². The molecule has 0 aromatic heterocycles.